The summed E-state index contributed by atoms with van der Waals surface area (Å²) in [5, 5.41) is 10.2. The van der Waals surface area contributed by atoms with Gasteiger partial charge in [0.25, 0.3) is 5.91 Å². The molecule has 0 spiro atoms. The largest absolute Gasteiger partial charge is 0.416 e. The normalized spacial score (nSPS) is 25.5. The number of rotatable bonds is 3. The summed E-state index contributed by atoms with van der Waals surface area (Å²) < 4.78 is 38.2. The van der Waals surface area contributed by atoms with E-state index < -0.39 is 17.8 Å². The summed E-state index contributed by atoms with van der Waals surface area (Å²) in [6.45, 7) is 0.647. The number of benzene rings is 1. The van der Waals surface area contributed by atoms with E-state index in [0.717, 1.165) is 37.8 Å². The van der Waals surface area contributed by atoms with Crippen molar-refractivity contribution >= 4 is 5.91 Å². The summed E-state index contributed by atoms with van der Waals surface area (Å²) >= 11 is 0. The molecule has 2 bridgehead atoms. The minimum Gasteiger partial charge on any atom is -0.383 e. The highest BCUT2D eigenvalue weighted by atomic mass is 19.4. The first-order valence-corrected chi connectivity index (χ1v) is 7.99. The predicted molar refractivity (Wildman–Crippen MR) is 78.6 cm³/mol. The smallest absolute Gasteiger partial charge is 0.383 e. The van der Waals surface area contributed by atoms with Gasteiger partial charge in [-0.3, -0.25) is 4.79 Å². The van der Waals surface area contributed by atoms with Crippen molar-refractivity contribution in [2.24, 2.45) is 5.92 Å². The fourth-order valence-electron chi connectivity index (χ4n) is 3.76. The summed E-state index contributed by atoms with van der Waals surface area (Å²) in [6, 6.07) is 4.99. The van der Waals surface area contributed by atoms with E-state index in [1.54, 1.807) is 4.90 Å². The van der Waals surface area contributed by atoms with Crippen molar-refractivity contribution in [3.8, 4) is 0 Å². The molecule has 3 rings (SSSR count). The Kier molecular flexibility index (Phi) is 4.36. The van der Waals surface area contributed by atoms with Crippen LogP contribution < -0.4 is 0 Å². The molecule has 1 saturated carbocycles. The molecule has 1 heterocycles. The molecule has 3 unspecified atom stereocenters. The second kappa shape index (κ2) is 6.15. The van der Waals surface area contributed by atoms with Gasteiger partial charge in [-0.1, -0.05) is 18.2 Å². The zero-order valence-corrected chi connectivity index (χ0v) is 12.7. The van der Waals surface area contributed by atoms with Gasteiger partial charge in [0.15, 0.2) is 0 Å². The molecule has 23 heavy (non-hydrogen) atoms. The molecule has 1 aromatic carbocycles. The van der Waals surface area contributed by atoms with E-state index >= 15 is 0 Å². The van der Waals surface area contributed by atoms with Gasteiger partial charge in [0.05, 0.1) is 5.56 Å². The molecule has 1 aromatic rings. The quantitative estimate of drug-likeness (QED) is 0.927. The molecule has 1 aliphatic heterocycles. The van der Waals surface area contributed by atoms with Gasteiger partial charge in [0, 0.05) is 19.0 Å². The van der Waals surface area contributed by atoms with Crippen LogP contribution in [-0.4, -0.2) is 34.6 Å². The molecule has 1 amide bonds. The number of halogens is 3. The number of aliphatic hydroxyl groups is 1. The zero-order chi connectivity index (χ0) is 16.6. The fourth-order valence-corrected chi connectivity index (χ4v) is 3.76. The van der Waals surface area contributed by atoms with Crippen molar-refractivity contribution in [3.05, 3.63) is 35.4 Å². The lowest BCUT2D eigenvalue weighted by atomic mass is 9.98. The van der Waals surface area contributed by atoms with Crippen LogP contribution in [0.4, 0.5) is 13.2 Å². The van der Waals surface area contributed by atoms with Crippen LogP contribution in [0.5, 0.6) is 0 Å². The Hall–Kier alpha value is -1.56. The van der Waals surface area contributed by atoms with Crippen molar-refractivity contribution in [1.29, 1.82) is 0 Å². The third kappa shape index (κ3) is 3.52. The Morgan fingerprint density at radius 3 is 2.83 bits per heavy atom. The molecule has 1 N–H and O–H groups in total. The SMILES string of the molecule is O=C(C(O)Cc1cccc(C(F)(F)F)c1)N1CCC2CCC1C2. The van der Waals surface area contributed by atoms with E-state index in [-0.39, 0.29) is 18.4 Å². The van der Waals surface area contributed by atoms with Crippen LogP contribution >= 0.6 is 0 Å². The van der Waals surface area contributed by atoms with Crippen LogP contribution in [0, 0.1) is 5.92 Å². The molecular weight excluding hydrogens is 307 g/mol. The summed E-state index contributed by atoms with van der Waals surface area (Å²) in [4.78, 5) is 14.1. The van der Waals surface area contributed by atoms with E-state index in [2.05, 4.69) is 0 Å². The highest BCUT2D eigenvalue weighted by Crippen LogP contribution is 2.37. The minimum atomic E-state index is -4.42. The first-order chi connectivity index (χ1) is 10.8. The van der Waals surface area contributed by atoms with Crippen molar-refractivity contribution in [2.45, 2.75) is 50.4 Å². The number of hydrogen-bond acceptors (Lipinski definition) is 2. The van der Waals surface area contributed by atoms with Crippen LogP contribution in [-0.2, 0) is 17.4 Å². The summed E-state index contributed by atoms with van der Waals surface area (Å²) in [7, 11) is 0. The van der Waals surface area contributed by atoms with E-state index in [9.17, 15) is 23.1 Å². The fraction of sp³-hybridized carbons (Fsp3) is 0.588. The second-order valence-corrected chi connectivity index (χ2v) is 6.57. The Labute approximate surface area is 133 Å². The monoisotopic (exact) mass is 327 g/mol. The molecule has 3 atom stereocenters. The standard InChI is InChI=1S/C17H20F3NO2/c18-17(19,20)13-3-1-2-12(8-13)10-15(22)16(23)21-7-6-11-4-5-14(21)9-11/h1-3,8,11,14-15,22H,4-7,9-10H2. The molecular formula is C17H20F3NO2. The second-order valence-electron chi connectivity index (χ2n) is 6.57. The van der Waals surface area contributed by atoms with Crippen LogP contribution in [0.2, 0.25) is 0 Å². The maximum absolute atomic E-state index is 12.7. The Morgan fingerprint density at radius 2 is 2.09 bits per heavy atom. The summed E-state index contributed by atoms with van der Waals surface area (Å²) in [5.74, 6) is 0.331. The van der Waals surface area contributed by atoms with Crippen molar-refractivity contribution in [3.63, 3.8) is 0 Å². The van der Waals surface area contributed by atoms with Gasteiger partial charge in [0.1, 0.15) is 6.10 Å². The van der Waals surface area contributed by atoms with Crippen LogP contribution in [0.1, 0.15) is 36.8 Å². The lowest BCUT2D eigenvalue weighted by molar-refractivity contribution is -0.143. The number of likely N-dealkylation sites (tertiary alicyclic amines) is 1. The number of alkyl halides is 3. The number of carbonyl (C=O) groups excluding carboxylic acids is 1. The molecule has 0 radical (unpaired) electrons. The zero-order valence-electron chi connectivity index (χ0n) is 12.7. The summed E-state index contributed by atoms with van der Waals surface area (Å²) in [6.07, 6.45) is -1.76. The van der Waals surface area contributed by atoms with Crippen molar-refractivity contribution in [1.82, 2.24) is 4.90 Å². The molecule has 3 nitrogen and oxygen atoms in total. The molecule has 2 fully saturated rings. The Balaban J connectivity index is 1.67. The molecule has 6 heteroatoms. The van der Waals surface area contributed by atoms with E-state index in [0.29, 0.717) is 18.0 Å². The predicted octanol–water partition coefficient (Wildman–Crippen LogP) is 3.01. The highest BCUT2D eigenvalue weighted by molar-refractivity contribution is 5.81. The molecule has 0 aromatic heterocycles. The van der Waals surface area contributed by atoms with E-state index in [1.807, 2.05) is 0 Å². The third-order valence-corrected chi connectivity index (χ3v) is 4.98. The van der Waals surface area contributed by atoms with Gasteiger partial charge in [0.2, 0.25) is 0 Å². The molecule has 1 saturated heterocycles. The first kappa shape index (κ1) is 16.3. The number of hydrogen-bond donors (Lipinski definition) is 1. The van der Waals surface area contributed by atoms with Crippen molar-refractivity contribution < 1.29 is 23.1 Å². The number of amides is 1. The number of carbonyl (C=O) groups is 1. The van der Waals surface area contributed by atoms with Crippen LogP contribution in [0.3, 0.4) is 0 Å². The van der Waals surface area contributed by atoms with Gasteiger partial charge >= 0.3 is 6.18 Å². The molecule has 2 aliphatic rings. The number of fused-ring (bicyclic) bond motifs is 2. The van der Waals surface area contributed by atoms with Crippen LogP contribution in [0.25, 0.3) is 0 Å². The topological polar surface area (TPSA) is 40.5 Å². The molecule has 126 valence electrons. The minimum absolute atomic E-state index is 0.0879. The van der Waals surface area contributed by atoms with Gasteiger partial charge in [-0.2, -0.15) is 13.2 Å². The van der Waals surface area contributed by atoms with Gasteiger partial charge in [-0.15, -0.1) is 0 Å². The number of aliphatic hydroxyl groups excluding tert-OH is 1. The Bertz CT molecular complexity index is 587. The molecule has 1 aliphatic carbocycles. The maximum atomic E-state index is 12.7. The van der Waals surface area contributed by atoms with Crippen molar-refractivity contribution in [2.75, 3.05) is 6.54 Å². The lowest BCUT2D eigenvalue weighted by Crippen LogP contribution is -2.47. The van der Waals surface area contributed by atoms with Crippen LogP contribution in [0.15, 0.2) is 24.3 Å². The average molecular weight is 327 g/mol. The van der Waals surface area contributed by atoms with Gasteiger partial charge in [-0.25, -0.2) is 0 Å². The van der Waals surface area contributed by atoms with E-state index in [1.165, 1.54) is 12.1 Å². The van der Waals surface area contributed by atoms with Gasteiger partial charge in [-0.05, 0) is 43.2 Å². The Morgan fingerprint density at radius 1 is 1.30 bits per heavy atom. The summed E-state index contributed by atoms with van der Waals surface area (Å²) in [5.41, 5.74) is -0.437. The number of nitrogens with zero attached hydrogens (tertiary/aromatic N) is 1. The maximum Gasteiger partial charge on any atom is 0.416 e. The third-order valence-electron chi connectivity index (χ3n) is 4.98. The average Bonchev–Trinajstić information content (AvgIpc) is 2.87. The highest BCUT2D eigenvalue weighted by Gasteiger charge is 2.38. The van der Waals surface area contributed by atoms with Gasteiger partial charge < -0.3 is 10.0 Å². The number of piperidine rings is 1. The lowest BCUT2D eigenvalue weighted by Gasteiger charge is -2.34. The first-order valence-electron chi connectivity index (χ1n) is 7.99. The van der Waals surface area contributed by atoms with E-state index in [4.69, 9.17) is 0 Å².